The van der Waals surface area contributed by atoms with Crippen LogP contribution in [0.2, 0.25) is 5.02 Å². The fourth-order valence-corrected chi connectivity index (χ4v) is 3.22. The molecule has 0 aliphatic rings. The number of nitrogens with two attached hydrogens (primary N) is 1. The van der Waals surface area contributed by atoms with Crippen LogP contribution in [0.25, 0.3) is 5.65 Å². The molecule has 0 saturated carbocycles. The summed E-state index contributed by atoms with van der Waals surface area (Å²) in [5.41, 5.74) is 0.795. The van der Waals surface area contributed by atoms with Crippen LogP contribution in [-0.2, 0) is 10.0 Å². The molecule has 0 spiro atoms. The number of nitrogens with one attached hydrogen (secondary N) is 1. The molecule has 3 aromatic rings. The summed E-state index contributed by atoms with van der Waals surface area (Å²) in [6.45, 7) is 1.76. The van der Waals surface area contributed by atoms with Crippen LogP contribution < -0.4 is 10.5 Å². The SMILES string of the molecule is CC(NC(=O)c1ccc(S(N)(=O)=O)cc1Cl)c1nnc2ccccn12. The van der Waals surface area contributed by atoms with Gasteiger partial charge in [0.1, 0.15) is 0 Å². The van der Waals surface area contributed by atoms with Crippen LogP contribution in [-0.4, -0.2) is 28.9 Å². The first-order valence-electron chi connectivity index (χ1n) is 7.20. The van der Waals surface area contributed by atoms with Crippen molar-refractivity contribution in [3.05, 3.63) is 59.0 Å². The molecule has 1 unspecified atom stereocenters. The van der Waals surface area contributed by atoms with Crippen molar-refractivity contribution in [3.63, 3.8) is 0 Å². The number of pyridine rings is 1. The van der Waals surface area contributed by atoms with E-state index in [0.29, 0.717) is 11.5 Å². The number of carbonyl (C=O) groups is 1. The summed E-state index contributed by atoms with van der Waals surface area (Å²) < 4.78 is 24.4. The molecule has 0 fully saturated rings. The monoisotopic (exact) mass is 379 g/mol. The molecule has 3 N–H and O–H groups in total. The largest absolute Gasteiger partial charge is 0.342 e. The van der Waals surface area contributed by atoms with Gasteiger partial charge in [0.05, 0.1) is 21.5 Å². The van der Waals surface area contributed by atoms with E-state index in [1.54, 1.807) is 23.6 Å². The van der Waals surface area contributed by atoms with E-state index in [-0.39, 0.29) is 15.5 Å². The molecule has 2 heterocycles. The van der Waals surface area contributed by atoms with E-state index in [4.69, 9.17) is 16.7 Å². The van der Waals surface area contributed by atoms with Gasteiger partial charge in [0.25, 0.3) is 5.91 Å². The van der Waals surface area contributed by atoms with Gasteiger partial charge in [0.15, 0.2) is 11.5 Å². The Balaban J connectivity index is 1.85. The molecule has 2 aromatic heterocycles. The maximum absolute atomic E-state index is 12.4. The van der Waals surface area contributed by atoms with Crippen molar-refractivity contribution < 1.29 is 13.2 Å². The topological polar surface area (TPSA) is 119 Å². The van der Waals surface area contributed by atoms with Gasteiger partial charge in [0, 0.05) is 6.20 Å². The number of sulfonamides is 1. The molecule has 25 heavy (non-hydrogen) atoms. The van der Waals surface area contributed by atoms with Crippen molar-refractivity contribution >= 4 is 33.2 Å². The maximum Gasteiger partial charge on any atom is 0.253 e. The molecule has 1 amide bonds. The lowest BCUT2D eigenvalue weighted by atomic mass is 10.2. The summed E-state index contributed by atoms with van der Waals surface area (Å²) in [7, 11) is -3.89. The average molecular weight is 380 g/mol. The number of nitrogens with zero attached hydrogens (tertiary/aromatic N) is 3. The van der Waals surface area contributed by atoms with E-state index < -0.39 is 22.0 Å². The Bertz CT molecular complexity index is 1060. The van der Waals surface area contributed by atoms with Crippen LogP contribution in [0.15, 0.2) is 47.5 Å². The van der Waals surface area contributed by atoms with E-state index in [0.717, 1.165) is 6.07 Å². The van der Waals surface area contributed by atoms with E-state index in [2.05, 4.69) is 15.5 Å². The Hall–Kier alpha value is -2.49. The Morgan fingerprint density at radius 2 is 2.04 bits per heavy atom. The summed E-state index contributed by atoms with van der Waals surface area (Å²) in [5, 5.41) is 15.9. The molecule has 10 heteroatoms. The second-order valence-corrected chi connectivity index (χ2v) is 7.34. The van der Waals surface area contributed by atoms with E-state index in [1.807, 2.05) is 12.1 Å². The first-order chi connectivity index (χ1) is 11.8. The lowest BCUT2D eigenvalue weighted by Gasteiger charge is -2.13. The third-order valence-electron chi connectivity index (χ3n) is 3.59. The second kappa shape index (κ2) is 6.43. The first kappa shape index (κ1) is 17.3. The minimum atomic E-state index is -3.89. The number of hydrogen-bond acceptors (Lipinski definition) is 5. The van der Waals surface area contributed by atoms with Crippen molar-refractivity contribution in [2.75, 3.05) is 0 Å². The molecule has 0 aliphatic heterocycles. The van der Waals surface area contributed by atoms with Crippen molar-refractivity contribution in [1.82, 2.24) is 19.9 Å². The van der Waals surface area contributed by atoms with Crippen LogP contribution in [0.4, 0.5) is 0 Å². The molecular weight excluding hydrogens is 366 g/mol. The normalized spacial score (nSPS) is 12.9. The summed E-state index contributed by atoms with van der Waals surface area (Å²) in [6, 6.07) is 8.70. The summed E-state index contributed by atoms with van der Waals surface area (Å²) in [4.78, 5) is 12.3. The summed E-state index contributed by atoms with van der Waals surface area (Å²) >= 11 is 6.02. The van der Waals surface area contributed by atoms with Crippen molar-refractivity contribution in [2.45, 2.75) is 17.9 Å². The lowest BCUT2D eigenvalue weighted by molar-refractivity contribution is 0.0938. The minimum Gasteiger partial charge on any atom is -0.342 e. The first-order valence-corrected chi connectivity index (χ1v) is 9.12. The number of fused-ring (bicyclic) bond motifs is 1. The molecule has 8 nitrogen and oxygen atoms in total. The molecule has 1 aromatic carbocycles. The number of aromatic nitrogens is 3. The minimum absolute atomic E-state index is 0.0117. The van der Waals surface area contributed by atoms with Gasteiger partial charge in [0.2, 0.25) is 10.0 Å². The Labute approximate surface area is 148 Å². The number of primary sulfonamides is 1. The second-order valence-electron chi connectivity index (χ2n) is 5.37. The van der Waals surface area contributed by atoms with E-state index in [1.165, 1.54) is 12.1 Å². The smallest absolute Gasteiger partial charge is 0.253 e. The van der Waals surface area contributed by atoms with Crippen LogP contribution in [0.3, 0.4) is 0 Å². The number of halogens is 1. The fourth-order valence-electron chi connectivity index (χ4n) is 2.35. The molecule has 3 rings (SSSR count). The van der Waals surface area contributed by atoms with Crippen molar-refractivity contribution in [3.8, 4) is 0 Å². The highest BCUT2D eigenvalue weighted by Crippen LogP contribution is 2.21. The number of amides is 1. The highest BCUT2D eigenvalue weighted by atomic mass is 35.5. The van der Waals surface area contributed by atoms with E-state index >= 15 is 0 Å². The molecular formula is C15H14ClN5O3S. The number of carbonyl (C=O) groups excluding carboxylic acids is 1. The zero-order valence-electron chi connectivity index (χ0n) is 13.0. The Morgan fingerprint density at radius 1 is 1.28 bits per heavy atom. The Morgan fingerprint density at radius 3 is 2.72 bits per heavy atom. The van der Waals surface area contributed by atoms with Crippen molar-refractivity contribution in [1.29, 1.82) is 0 Å². The van der Waals surface area contributed by atoms with Crippen LogP contribution in [0.1, 0.15) is 29.1 Å². The van der Waals surface area contributed by atoms with Gasteiger partial charge in [-0.15, -0.1) is 10.2 Å². The molecule has 0 bridgehead atoms. The molecule has 0 saturated heterocycles. The number of rotatable bonds is 4. The van der Waals surface area contributed by atoms with Gasteiger partial charge in [-0.05, 0) is 37.3 Å². The quantitative estimate of drug-likeness (QED) is 0.712. The maximum atomic E-state index is 12.4. The highest BCUT2D eigenvalue weighted by Gasteiger charge is 2.19. The molecule has 0 radical (unpaired) electrons. The van der Waals surface area contributed by atoms with Gasteiger partial charge >= 0.3 is 0 Å². The Kier molecular flexibility index (Phi) is 4.46. The standard InChI is InChI=1S/C15H14ClN5O3S/c1-9(14-20-19-13-4-2-3-7-21(13)14)18-15(22)11-6-5-10(8-12(11)16)25(17,23)24/h2-9H,1H3,(H,18,22)(H2,17,23,24). The fraction of sp³-hybridized carbons (Fsp3) is 0.133. The van der Waals surface area contributed by atoms with Crippen LogP contribution in [0, 0.1) is 0 Å². The predicted molar refractivity (Wildman–Crippen MR) is 91.7 cm³/mol. The van der Waals surface area contributed by atoms with E-state index in [9.17, 15) is 13.2 Å². The van der Waals surface area contributed by atoms with Crippen LogP contribution >= 0.6 is 11.6 Å². The number of benzene rings is 1. The van der Waals surface area contributed by atoms with Gasteiger partial charge in [-0.2, -0.15) is 0 Å². The lowest BCUT2D eigenvalue weighted by Crippen LogP contribution is -2.28. The van der Waals surface area contributed by atoms with Gasteiger partial charge in [-0.25, -0.2) is 13.6 Å². The summed E-state index contributed by atoms with van der Waals surface area (Å²) in [6.07, 6.45) is 1.79. The van der Waals surface area contributed by atoms with Gasteiger partial charge < -0.3 is 5.32 Å². The van der Waals surface area contributed by atoms with Gasteiger partial charge in [-0.3, -0.25) is 9.20 Å². The third-order valence-corrected chi connectivity index (χ3v) is 4.81. The number of hydrogen-bond donors (Lipinski definition) is 2. The predicted octanol–water partition coefficient (Wildman–Crippen LogP) is 1.52. The third kappa shape index (κ3) is 3.48. The summed E-state index contributed by atoms with van der Waals surface area (Å²) in [5.74, 6) is 0.0902. The highest BCUT2D eigenvalue weighted by molar-refractivity contribution is 7.89. The molecule has 130 valence electrons. The molecule has 0 aliphatic carbocycles. The van der Waals surface area contributed by atoms with Gasteiger partial charge in [-0.1, -0.05) is 17.7 Å². The van der Waals surface area contributed by atoms with Crippen LogP contribution in [0.5, 0.6) is 0 Å². The zero-order chi connectivity index (χ0) is 18.2. The zero-order valence-corrected chi connectivity index (χ0v) is 14.6. The molecule has 1 atom stereocenters. The average Bonchev–Trinajstić information content (AvgIpc) is 2.97. The van der Waals surface area contributed by atoms with Crippen molar-refractivity contribution in [2.24, 2.45) is 5.14 Å².